The second-order valence-electron chi connectivity index (χ2n) is 15.9. The third-order valence-corrected chi connectivity index (χ3v) is 14.0. The first-order valence-electron chi connectivity index (χ1n) is 15.0. The lowest BCUT2D eigenvalue weighted by atomic mass is 9.29. The van der Waals surface area contributed by atoms with E-state index >= 15 is 0 Å². The molecule has 0 unspecified atom stereocenters. The Labute approximate surface area is 219 Å². The molecule has 10 atom stereocenters. The van der Waals surface area contributed by atoms with Crippen LogP contribution in [0.5, 0.6) is 0 Å². The molecule has 5 rings (SSSR count). The van der Waals surface area contributed by atoms with E-state index in [1.165, 1.54) is 26.2 Å². The van der Waals surface area contributed by atoms with Gasteiger partial charge in [-0.2, -0.15) is 0 Å². The zero-order valence-electron chi connectivity index (χ0n) is 24.3. The number of rotatable bonds is 2. The second kappa shape index (κ2) is 7.98. The normalized spacial score (nSPS) is 53.7. The number of carboxylic acids is 1. The van der Waals surface area contributed by atoms with Crippen molar-refractivity contribution in [3.05, 3.63) is 0 Å². The van der Waals surface area contributed by atoms with Gasteiger partial charge in [-0.25, -0.2) is 0 Å². The summed E-state index contributed by atoms with van der Waals surface area (Å²) in [5.74, 6) is 0.948. The summed E-state index contributed by atoms with van der Waals surface area (Å²) in [5.41, 5.74) is -0.119. The van der Waals surface area contributed by atoms with E-state index in [1.54, 1.807) is 0 Å². The Hall–Kier alpha value is -1.06. The van der Waals surface area contributed by atoms with E-state index in [0.29, 0.717) is 17.8 Å². The van der Waals surface area contributed by atoms with Gasteiger partial charge in [0.1, 0.15) is 6.10 Å². The number of carboxylic acid groups (broad SMARTS) is 1. The molecule has 1 N–H and O–H groups in total. The smallest absolute Gasteiger partial charge is 0.310 e. The van der Waals surface area contributed by atoms with Gasteiger partial charge in [-0.3, -0.25) is 9.59 Å². The third-order valence-electron chi connectivity index (χ3n) is 14.0. The molecule has 0 radical (unpaired) electrons. The van der Waals surface area contributed by atoms with Crippen LogP contribution in [0.25, 0.3) is 0 Å². The number of carbonyl (C=O) groups is 2. The lowest BCUT2D eigenvalue weighted by Gasteiger charge is -2.74. The van der Waals surface area contributed by atoms with Crippen LogP contribution in [0.4, 0.5) is 0 Å². The van der Waals surface area contributed by atoms with Gasteiger partial charge < -0.3 is 9.84 Å². The predicted molar refractivity (Wildman–Crippen MR) is 142 cm³/mol. The van der Waals surface area contributed by atoms with Crippen molar-refractivity contribution >= 4 is 11.9 Å². The van der Waals surface area contributed by atoms with Crippen LogP contribution in [0.2, 0.25) is 0 Å². The molecule has 204 valence electrons. The molecule has 0 aliphatic heterocycles. The molecule has 5 fully saturated rings. The zero-order valence-corrected chi connectivity index (χ0v) is 24.3. The van der Waals surface area contributed by atoms with E-state index in [2.05, 4.69) is 48.5 Å². The van der Waals surface area contributed by atoms with Crippen molar-refractivity contribution in [2.75, 3.05) is 0 Å². The summed E-state index contributed by atoms with van der Waals surface area (Å²) < 4.78 is 5.81. The Morgan fingerprint density at radius 2 is 1.42 bits per heavy atom. The maximum absolute atomic E-state index is 13.6. The van der Waals surface area contributed by atoms with Crippen molar-refractivity contribution in [2.45, 2.75) is 132 Å². The molecule has 0 aromatic carbocycles. The highest BCUT2D eigenvalue weighted by Crippen LogP contribution is 2.78. The molecular formula is C32H52O4. The fourth-order valence-corrected chi connectivity index (χ4v) is 11.8. The summed E-state index contributed by atoms with van der Waals surface area (Å²) in [6.07, 6.45) is 11.8. The first kappa shape index (κ1) is 26.5. The number of fused-ring (bicyclic) bond motifs is 7. The number of carbonyl (C=O) groups excluding carboxylic acids is 1. The molecule has 0 amide bonds. The Morgan fingerprint density at radius 3 is 2.06 bits per heavy atom. The van der Waals surface area contributed by atoms with Gasteiger partial charge in [0.25, 0.3) is 0 Å². The van der Waals surface area contributed by atoms with E-state index in [4.69, 9.17) is 4.74 Å². The average molecular weight is 501 g/mol. The highest BCUT2D eigenvalue weighted by atomic mass is 16.5. The number of aliphatic carboxylic acids is 1. The first-order chi connectivity index (χ1) is 16.6. The van der Waals surface area contributed by atoms with Crippen LogP contribution in [0, 0.1) is 56.2 Å². The van der Waals surface area contributed by atoms with Gasteiger partial charge >= 0.3 is 11.9 Å². The van der Waals surface area contributed by atoms with Crippen LogP contribution in [-0.4, -0.2) is 23.1 Å². The second-order valence-corrected chi connectivity index (χ2v) is 15.9. The van der Waals surface area contributed by atoms with E-state index in [0.717, 1.165) is 51.4 Å². The lowest BCUT2D eigenvalue weighted by molar-refractivity contribution is -0.268. The maximum atomic E-state index is 13.6. The van der Waals surface area contributed by atoms with Gasteiger partial charge in [-0.1, -0.05) is 48.5 Å². The van der Waals surface area contributed by atoms with Crippen LogP contribution in [-0.2, 0) is 14.3 Å². The van der Waals surface area contributed by atoms with Crippen molar-refractivity contribution in [2.24, 2.45) is 56.2 Å². The highest BCUT2D eigenvalue weighted by molar-refractivity contribution is 5.77. The minimum atomic E-state index is -0.615. The summed E-state index contributed by atoms with van der Waals surface area (Å²) >= 11 is 0. The molecule has 0 saturated heterocycles. The topological polar surface area (TPSA) is 63.6 Å². The van der Waals surface area contributed by atoms with Gasteiger partial charge in [0, 0.05) is 6.92 Å². The molecule has 4 heteroatoms. The van der Waals surface area contributed by atoms with Crippen molar-refractivity contribution in [1.82, 2.24) is 0 Å². The van der Waals surface area contributed by atoms with E-state index < -0.39 is 11.4 Å². The molecule has 36 heavy (non-hydrogen) atoms. The molecule has 0 aromatic heterocycles. The zero-order chi connectivity index (χ0) is 26.5. The van der Waals surface area contributed by atoms with Crippen molar-refractivity contribution < 1.29 is 19.4 Å². The lowest BCUT2D eigenvalue weighted by Crippen LogP contribution is -2.70. The largest absolute Gasteiger partial charge is 0.481 e. The van der Waals surface area contributed by atoms with E-state index in [9.17, 15) is 14.7 Å². The quantitative estimate of drug-likeness (QED) is 0.392. The molecule has 0 aromatic rings. The fourth-order valence-electron chi connectivity index (χ4n) is 11.8. The minimum absolute atomic E-state index is 0.0149. The molecule has 0 heterocycles. The molecule has 0 spiro atoms. The average Bonchev–Trinajstić information content (AvgIpc) is 2.77. The Balaban J connectivity index is 1.55. The Kier molecular flexibility index (Phi) is 5.88. The van der Waals surface area contributed by atoms with Gasteiger partial charge in [0.15, 0.2) is 0 Å². The molecular weight excluding hydrogens is 448 g/mol. The monoisotopic (exact) mass is 500 g/mol. The fraction of sp³-hybridized carbons (Fsp3) is 0.938. The number of hydrogen-bond acceptors (Lipinski definition) is 3. The van der Waals surface area contributed by atoms with Crippen LogP contribution >= 0.6 is 0 Å². The summed E-state index contributed by atoms with van der Waals surface area (Å²) in [6.45, 7) is 18.4. The van der Waals surface area contributed by atoms with Crippen molar-refractivity contribution in [1.29, 1.82) is 0 Å². The molecule has 0 bridgehead atoms. The van der Waals surface area contributed by atoms with Crippen LogP contribution in [0.15, 0.2) is 0 Å². The molecule has 5 saturated carbocycles. The molecule has 4 nitrogen and oxygen atoms in total. The van der Waals surface area contributed by atoms with Crippen LogP contribution in [0.3, 0.4) is 0 Å². The maximum Gasteiger partial charge on any atom is 0.310 e. The standard InChI is InChI=1S/C32H52O4/c1-20-22(36-21(2)33)9-10-23-29(20,6)12-11-24-30(23,7)16-18-32(26(34)35)25-19-27(3,4)13-14-28(25,5)15-17-31(24,32)8/h20,22-25H,9-19H2,1-8H3,(H,34,35)/t20-,22-,23+,24-,25+,28+,29+,30-,31+,32-/m0/s1. The third kappa shape index (κ3) is 3.30. The van der Waals surface area contributed by atoms with Crippen LogP contribution < -0.4 is 0 Å². The van der Waals surface area contributed by atoms with E-state index in [-0.39, 0.29) is 45.1 Å². The highest BCUT2D eigenvalue weighted by Gasteiger charge is 2.74. The SMILES string of the molecule is CC(=O)O[C@H]1CC[C@@H]2[C@](C)(CC[C@H]3[C@@]2(C)CC[C@@]2(C(=O)O)[C@@H]4CC(C)(C)CC[C@]4(C)CC[C@]32C)[C@H]1C. The Bertz CT molecular complexity index is 940. The van der Waals surface area contributed by atoms with Gasteiger partial charge in [0.05, 0.1) is 5.41 Å². The summed E-state index contributed by atoms with van der Waals surface area (Å²) in [4.78, 5) is 25.4. The summed E-state index contributed by atoms with van der Waals surface area (Å²) in [6, 6.07) is 0. The van der Waals surface area contributed by atoms with Gasteiger partial charge in [0.2, 0.25) is 0 Å². The molecule has 5 aliphatic rings. The summed E-state index contributed by atoms with van der Waals surface area (Å²) in [5, 5.41) is 11.2. The minimum Gasteiger partial charge on any atom is -0.481 e. The number of esters is 1. The van der Waals surface area contributed by atoms with E-state index in [1.807, 2.05) is 0 Å². The van der Waals surface area contributed by atoms with Gasteiger partial charge in [-0.05, 0) is 121 Å². The van der Waals surface area contributed by atoms with Crippen molar-refractivity contribution in [3.63, 3.8) is 0 Å². The van der Waals surface area contributed by atoms with Gasteiger partial charge in [-0.15, -0.1) is 0 Å². The molecule has 5 aliphatic carbocycles. The van der Waals surface area contributed by atoms with Crippen molar-refractivity contribution in [3.8, 4) is 0 Å². The summed E-state index contributed by atoms with van der Waals surface area (Å²) in [7, 11) is 0. The Morgan fingerprint density at radius 1 is 0.750 bits per heavy atom. The first-order valence-corrected chi connectivity index (χ1v) is 15.0. The number of hydrogen-bond donors (Lipinski definition) is 1. The van der Waals surface area contributed by atoms with Crippen LogP contribution in [0.1, 0.15) is 126 Å². The predicted octanol–water partition coefficient (Wildman–Crippen LogP) is 7.88. The number of ether oxygens (including phenoxy) is 1.